The van der Waals surface area contributed by atoms with Gasteiger partial charge in [0, 0.05) is 27.3 Å². The quantitative estimate of drug-likeness (QED) is 0.646. The third kappa shape index (κ3) is 4.64. The van der Waals surface area contributed by atoms with E-state index in [4.69, 9.17) is 9.47 Å². The van der Waals surface area contributed by atoms with Crippen molar-refractivity contribution in [3.8, 4) is 0 Å². The van der Waals surface area contributed by atoms with Gasteiger partial charge in [-0.1, -0.05) is 29.8 Å². The summed E-state index contributed by atoms with van der Waals surface area (Å²) < 4.78 is 10.0. The second-order valence-corrected chi connectivity index (χ2v) is 6.68. The Morgan fingerprint density at radius 1 is 1.11 bits per heavy atom. The molecule has 4 amide bonds. The first-order valence-electron chi connectivity index (χ1n) is 8.80. The van der Waals surface area contributed by atoms with E-state index in [1.807, 2.05) is 31.2 Å². The average molecular weight is 377 g/mol. The van der Waals surface area contributed by atoms with Gasteiger partial charge in [0.15, 0.2) is 0 Å². The molecule has 0 aliphatic carbocycles. The zero-order chi connectivity index (χ0) is 20.0. The van der Waals surface area contributed by atoms with Gasteiger partial charge >= 0.3 is 6.03 Å². The number of carbonyl (C=O) groups is 3. The number of benzene rings is 1. The number of hydrogen-bond donors (Lipinski definition) is 1. The van der Waals surface area contributed by atoms with Crippen LogP contribution < -0.4 is 5.32 Å². The molecular formula is C19H27N3O5. The standard InChI is InChI=1S/C19H27N3O5/c1-14-5-7-15(8-6-14)19(2)17(24)22(18(25)20-19)13-16(23)21(9-11-26-3)10-12-27-4/h5-8H,9-13H2,1-4H3,(H,20,25)/t19-/m1/s1. The van der Waals surface area contributed by atoms with Crippen molar-refractivity contribution in [3.63, 3.8) is 0 Å². The number of nitrogens with zero attached hydrogens (tertiary/aromatic N) is 2. The number of aryl methyl sites for hydroxylation is 1. The van der Waals surface area contributed by atoms with Gasteiger partial charge in [0.2, 0.25) is 5.91 Å². The lowest BCUT2D eigenvalue weighted by atomic mass is 9.91. The van der Waals surface area contributed by atoms with Gasteiger partial charge in [-0.2, -0.15) is 0 Å². The number of nitrogens with one attached hydrogen (secondary N) is 1. The molecule has 0 aromatic heterocycles. The zero-order valence-corrected chi connectivity index (χ0v) is 16.3. The Morgan fingerprint density at radius 2 is 1.67 bits per heavy atom. The second-order valence-electron chi connectivity index (χ2n) is 6.68. The van der Waals surface area contributed by atoms with Gasteiger partial charge in [-0.25, -0.2) is 4.79 Å². The van der Waals surface area contributed by atoms with Crippen molar-refractivity contribution < 1.29 is 23.9 Å². The van der Waals surface area contributed by atoms with Crippen LogP contribution in [0.15, 0.2) is 24.3 Å². The fourth-order valence-corrected chi connectivity index (χ4v) is 2.92. The highest BCUT2D eigenvalue weighted by molar-refractivity contribution is 6.09. The summed E-state index contributed by atoms with van der Waals surface area (Å²) in [7, 11) is 3.09. The Balaban J connectivity index is 2.13. The van der Waals surface area contributed by atoms with Crippen LogP contribution in [0.3, 0.4) is 0 Å². The topological polar surface area (TPSA) is 88.2 Å². The van der Waals surface area contributed by atoms with Gasteiger partial charge in [0.25, 0.3) is 5.91 Å². The Hall–Kier alpha value is -2.45. The Kier molecular flexibility index (Phi) is 6.92. The first kappa shape index (κ1) is 20.9. The number of ether oxygens (including phenoxy) is 2. The smallest absolute Gasteiger partial charge is 0.325 e. The molecule has 0 radical (unpaired) electrons. The summed E-state index contributed by atoms with van der Waals surface area (Å²) in [6, 6.07) is 6.80. The van der Waals surface area contributed by atoms with Crippen LogP contribution in [0.25, 0.3) is 0 Å². The molecule has 1 fully saturated rings. The number of amides is 4. The van der Waals surface area contributed by atoms with E-state index >= 15 is 0 Å². The van der Waals surface area contributed by atoms with Gasteiger partial charge in [0.05, 0.1) is 13.2 Å². The molecule has 148 valence electrons. The van der Waals surface area contributed by atoms with E-state index < -0.39 is 17.5 Å². The van der Waals surface area contributed by atoms with Crippen molar-refractivity contribution in [1.82, 2.24) is 15.1 Å². The summed E-state index contributed by atoms with van der Waals surface area (Å²) in [5.74, 6) is -0.774. The molecule has 2 rings (SSSR count). The summed E-state index contributed by atoms with van der Waals surface area (Å²) in [4.78, 5) is 40.5. The minimum atomic E-state index is -1.19. The number of rotatable bonds is 9. The van der Waals surface area contributed by atoms with E-state index in [0.717, 1.165) is 10.5 Å². The van der Waals surface area contributed by atoms with Crippen molar-refractivity contribution in [2.75, 3.05) is 47.1 Å². The van der Waals surface area contributed by atoms with E-state index in [9.17, 15) is 14.4 Å². The fraction of sp³-hybridized carbons (Fsp3) is 0.526. The number of methoxy groups -OCH3 is 2. The summed E-state index contributed by atoms with van der Waals surface area (Å²) in [5, 5.41) is 2.71. The molecule has 0 saturated carbocycles. The second kappa shape index (κ2) is 8.96. The van der Waals surface area contributed by atoms with Crippen LogP contribution in [-0.4, -0.2) is 74.7 Å². The molecule has 0 unspecified atom stereocenters. The summed E-state index contributed by atoms with van der Waals surface area (Å²) in [5.41, 5.74) is 0.546. The van der Waals surface area contributed by atoms with Crippen LogP contribution in [-0.2, 0) is 24.6 Å². The number of hydrogen-bond acceptors (Lipinski definition) is 5. The maximum atomic E-state index is 12.9. The molecule has 1 atom stereocenters. The molecule has 0 spiro atoms. The molecule has 1 aromatic carbocycles. The molecule has 8 nitrogen and oxygen atoms in total. The Bertz CT molecular complexity index is 683. The first-order valence-corrected chi connectivity index (χ1v) is 8.80. The van der Waals surface area contributed by atoms with Crippen LogP contribution in [0.4, 0.5) is 4.79 Å². The number of urea groups is 1. The monoisotopic (exact) mass is 377 g/mol. The Labute approximate surface area is 159 Å². The zero-order valence-electron chi connectivity index (χ0n) is 16.3. The van der Waals surface area contributed by atoms with Gasteiger partial charge in [0.1, 0.15) is 12.1 Å². The lowest BCUT2D eigenvalue weighted by Crippen LogP contribution is -2.46. The molecule has 1 aliphatic rings. The van der Waals surface area contributed by atoms with Crippen LogP contribution in [0.2, 0.25) is 0 Å². The summed E-state index contributed by atoms with van der Waals surface area (Å²) in [6.45, 7) is 4.71. The van der Waals surface area contributed by atoms with E-state index in [-0.39, 0.29) is 12.5 Å². The SMILES string of the molecule is COCCN(CCOC)C(=O)CN1C(=O)N[C@](C)(c2ccc(C)cc2)C1=O. The molecule has 1 N–H and O–H groups in total. The van der Waals surface area contributed by atoms with E-state index in [0.29, 0.717) is 31.9 Å². The maximum Gasteiger partial charge on any atom is 0.325 e. The molecule has 1 aromatic rings. The Morgan fingerprint density at radius 3 is 2.19 bits per heavy atom. The van der Waals surface area contributed by atoms with Crippen LogP contribution in [0.1, 0.15) is 18.1 Å². The molecule has 27 heavy (non-hydrogen) atoms. The van der Waals surface area contributed by atoms with Gasteiger partial charge in [-0.3, -0.25) is 14.5 Å². The van der Waals surface area contributed by atoms with Gasteiger partial charge in [-0.05, 0) is 19.4 Å². The lowest BCUT2D eigenvalue weighted by molar-refractivity contribution is -0.139. The highest BCUT2D eigenvalue weighted by Crippen LogP contribution is 2.29. The maximum absolute atomic E-state index is 12.9. The normalized spacial score (nSPS) is 19.3. The highest BCUT2D eigenvalue weighted by atomic mass is 16.5. The van der Waals surface area contributed by atoms with E-state index in [1.54, 1.807) is 21.1 Å². The molecule has 1 heterocycles. The fourth-order valence-electron chi connectivity index (χ4n) is 2.92. The molecule has 1 aliphatic heterocycles. The minimum absolute atomic E-state index is 0.320. The highest BCUT2D eigenvalue weighted by Gasteiger charge is 2.49. The third-order valence-electron chi connectivity index (χ3n) is 4.68. The first-order chi connectivity index (χ1) is 12.8. The van der Waals surface area contributed by atoms with Crippen molar-refractivity contribution in [3.05, 3.63) is 35.4 Å². The van der Waals surface area contributed by atoms with Crippen molar-refractivity contribution in [2.24, 2.45) is 0 Å². The minimum Gasteiger partial charge on any atom is -0.383 e. The lowest BCUT2D eigenvalue weighted by Gasteiger charge is -2.25. The molecule has 8 heteroatoms. The average Bonchev–Trinajstić information content (AvgIpc) is 2.86. The van der Waals surface area contributed by atoms with Crippen molar-refractivity contribution >= 4 is 17.8 Å². The van der Waals surface area contributed by atoms with Gasteiger partial charge < -0.3 is 19.7 Å². The van der Waals surface area contributed by atoms with Crippen LogP contribution in [0, 0.1) is 6.92 Å². The number of carbonyl (C=O) groups excluding carboxylic acids is 3. The molecular weight excluding hydrogens is 350 g/mol. The summed E-state index contributed by atoms with van der Waals surface area (Å²) >= 11 is 0. The van der Waals surface area contributed by atoms with Crippen molar-refractivity contribution in [1.29, 1.82) is 0 Å². The molecule has 0 bridgehead atoms. The predicted octanol–water partition coefficient (Wildman–Crippen LogP) is 0.883. The molecule has 1 saturated heterocycles. The number of imide groups is 1. The van der Waals surface area contributed by atoms with E-state index in [2.05, 4.69) is 5.32 Å². The van der Waals surface area contributed by atoms with E-state index in [1.165, 1.54) is 4.90 Å². The largest absolute Gasteiger partial charge is 0.383 e. The van der Waals surface area contributed by atoms with Crippen molar-refractivity contribution in [2.45, 2.75) is 19.4 Å². The van der Waals surface area contributed by atoms with Gasteiger partial charge in [-0.15, -0.1) is 0 Å². The van der Waals surface area contributed by atoms with Crippen LogP contribution >= 0.6 is 0 Å². The predicted molar refractivity (Wildman–Crippen MR) is 99.1 cm³/mol. The third-order valence-corrected chi connectivity index (χ3v) is 4.68. The summed E-state index contributed by atoms with van der Waals surface area (Å²) in [6.07, 6.45) is 0. The van der Waals surface area contributed by atoms with Crippen LogP contribution in [0.5, 0.6) is 0 Å².